The van der Waals surface area contributed by atoms with Gasteiger partial charge in [0.25, 0.3) is 0 Å². The van der Waals surface area contributed by atoms with Crippen molar-refractivity contribution in [3.8, 4) is 11.5 Å². The van der Waals surface area contributed by atoms with Crippen LogP contribution in [0.5, 0.6) is 11.5 Å². The zero-order valence-corrected chi connectivity index (χ0v) is 24.6. The Kier molecular flexibility index (Phi) is 11.9. The van der Waals surface area contributed by atoms with Gasteiger partial charge in [0.05, 0.1) is 25.4 Å². The molecule has 6 nitrogen and oxygen atoms in total. The van der Waals surface area contributed by atoms with Crippen LogP contribution >= 0.6 is 0 Å². The van der Waals surface area contributed by atoms with E-state index < -0.39 is 0 Å². The van der Waals surface area contributed by atoms with Gasteiger partial charge < -0.3 is 18.9 Å². The van der Waals surface area contributed by atoms with E-state index in [1.54, 1.807) is 0 Å². The maximum absolute atomic E-state index is 6.24. The summed E-state index contributed by atoms with van der Waals surface area (Å²) in [5, 5.41) is 0. The summed E-state index contributed by atoms with van der Waals surface area (Å²) < 4.78 is 24.5. The predicted molar refractivity (Wildman–Crippen MR) is 161 cm³/mol. The first-order valence-electron chi connectivity index (χ1n) is 14.7. The highest BCUT2D eigenvalue weighted by atomic mass is 16.6. The number of benzene rings is 3. The molecule has 0 N–H and O–H groups in total. The van der Waals surface area contributed by atoms with Crippen LogP contribution < -0.4 is 9.47 Å². The Labute approximate surface area is 240 Å². The zero-order chi connectivity index (χ0) is 28.2. The Balaban J connectivity index is 1.54. The first-order valence-corrected chi connectivity index (χ1v) is 14.7. The highest BCUT2D eigenvalue weighted by molar-refractivity contribution is 5.39. The van der Waals surface area contributed by atoms with Crippen molar-refractivity contribution in [1.29, 1.82) is 0 Å². The van der Waals surface area contributed by atoms with E-state index in [1.165, 1.54) is 11.1 Å². The minimum atomic E-state index is 0.0578. The number of nitrogens with zero attached hydrogens (tertiary/aromatic N) is 2. The highest BCUT2D eigenvalue weighted by Gasteiger charge is 2.23. The maximum Gasteiger partial charge on any atom is 0.161 e. The molecule has 0 bridgehead atoms. The normalized spacial score (nSPS) is 22.5. The largest absolute Gasteiger partial charge is 0.487 e. The van der Waals surface area contributed by atoms with Crippen LogP contribution in [-0.2, 0) is 9.47 Å². The maximum atomic E-state index is 6.24. The van der Waals surface area contributed by atoms with E-state index in [0.29, 0.717) is 26.4 Å². The van der Waals surface area contributed by atoms with E-state index in [9.17, 15) is 0 Å². The van der Waals surface area contributed by atoms with E-state index in [-0.39, 0.29) is 24.3 Å². The van der Waals surface area contributed by atoms with Gasteiger partial charge in [-0.25, -0.2) is 0 Å². The Morgan fingerprint density at radius 2 is 0.925 bits per heavy atom. The molecule has 0 aromatic heterocycles. The lowest BCUT2D eigenvalue weighted by atomic mass is 10.1. The Morgan fingerprint density at radius 1 is 0.550 bits per heavy atom. The summed E-state index contributed by atoms with van der Waals surface area (Å²) in [6, 6.07) is 29.8. The lowest BCUT2D eigenvalue weighted by molar-refractivity contribution is -0.00327. The van der Waals surface area contributed by atoms with Crippen LogP contribution in [0.2, 0.25) is 0 Å². The Hall–Kier alpha value is -2.90. The van der Waals surface area contributed by atoms with Gasteiger partial charge in [0.2, 0.25) is 0 Å². The summed E-state index contributed by atoms with van der Waals surface area (Å²) in [5.41, 5.74) is 2.63. The van der Waals surface area contributed by atoms with Gasteiger partial charge in [-0.05, 0) is 51.0 Å². The molecule has 40 heavy (non-hydrogen) atoms. The van der Waals surface area contributed by atoms with Gasteiger partial charge in [0.1, 0.15) is 13.2 Å². The molecule has 4 atom stereocenters. The molecular weight excluding hydrogens is 500 g/mol. The fourth-order valence-corrected chi connectivity index (χ4v) is 5.28. The molecule has 0 spiro atoms. The number of rotatable bonds is 4. The molecule has 0 amide bonds. The third kappa shape index (κ3) is 9.07. The SMILES string of the molecule is CC(c1ccccc1)N1CCN(C(C)c2ccccc2)C[C@H](C)OCCOc2ccccc2OCCO[C@@H](C)C1. The smallest absolute Gasteiger partial charge is 0.161 e. The van der Waals surface area contributed by atoms with Gasteiger partial charge in [-0.15, -0.1) is 0 Å². The molecule has 0 fully saturated rings. The molecule has 216 valence electrons. The average Bonchev–Trinajstić information content (AvgIpc) is 2.99. The van der Waals surface area contributed by atoms with Crippen molar-refractivity contribution in [1.82, 2.24) is 9.80 Å². The van der Waals surface area contributed by atoms with Gasteiger partial charge in [-0.2, -0.15) is 0 Å². The standard InChI is InChI=1S/C34H46N2O4/c1-27-25-35(29(3)31-13-7-5-8-14-31)19-20-36(30(4)32-15-9-6-10-16-32)26-28(2)38-22-24-40-34-18-12-11-17-33(34)39-23-21-37-27/h5-18,27-30H,19-26H2,1-4H3/t27-,28-,29?,30?/m0/s1. The monoisotopic (exact) mass is 546 g/mol. The van der Waals surface area contributed by atoms with E-state index in [2.05, 4.69) is 98.2 Å². The summed E-state index contributed by atoms with van der Waals surface area (Å²) in [7, 11) is 0. The van der Waals surface area contributed by atoms with Crippen LogP contribution in [0.3, 0.4) is 0 Å². The van der Waals surface area contributed by atoms with Crippen LogP contribution in [0.25, 0.3) is 0 Å². The fourth-order valence-electron chi connectivity index (χ4n) is 5.28. The third-order valence-electron chi connectivity index (χ3n) is 7.65. The van der Waals surface area contributed by atoms with E-state index in [0.717, 1.165) is 37.7 Å². The lowest BCUT2D eigenvalue weighted by Gasteiger charge is -2.37. The number of fused-ring (bicyclic) bond motifs is 1. The molecule has 1 aliphatic rings. The predicted octanol–water partition coefficient (Wildman–Crippen LogP) is 6.39. The second-order valence-electron chi connectivity index (χ2n) is 10.7. The summed E-state index contributed by atoms with van der Waals surface area (Å²) in [4.78, 5) is 5.09. The molecule has 0 saturated carbocycles. The molecule has 1 aliphatic heterocycles. The van der Waals surface area contributed by atoms with Crippen molar-refractivity contribution >= 4 is 0 Å². The number of hydrogen-bond donors (Lipinski definition) is 0. The van der Waals surface area contributed by atoms with Crippen molar-refractivity contribution in [3.63, 3.8) is 0 Å². The number of hydrogen-bond acceptors (Lipinski definition) is 6. The molecule has 4 rings (SSSR count). The summed E-state index contributed by atoms with van der Waals surface area (Å²) in [5.74, 6) is 1.46. The topological polar surface area (TPSA) is 43.4 Å². The number of ether oxygens (including phenoxy) is 4. The van der Waals surface area contributed by atoms with Gasteiger partial charge in [-0.3, -0.25) is 9.80 Å². The van der Waals surface area contributed by atoms with Crippen LogP contribution in [0.4, 0.5) is 0 Å². The minimum absolute atomic E-state index is 0.0578. The van der Waals surface area contributed by atoms with Crippen LogP contribution in [0.15, 0.2) is 84.9 Å². The molecular formula is C34H46N2O4. The Morgan fingerprint density at radius 3 is 1.32 bits per heavy atom. The quantitative estimate of drug-likeness (QED) is 0.378. The van der Waals surface area contributed by atoms with Crippen molar-refractivity contribution in [2.75, 3.05) is 52.6 Å². The number of para-hydroxylation sites is 2. The van der Waals surface area contributed by atoms with Gasteiger partial charge in [0, 0.05) is 38.3 Å². The van der Waals surface area contributed by atoms with Crippen molar-refractivity contribution in [2.24, 2.45) is 0 Å². The first-order chi connectivity index (χ1) is 19.5. The van der Waals surface area contributed by atoms with Gasteiger partial charge >= 0.3 is 0 Å². The molecule has 0 saturated heterocycles. The van der Waals surface area contributed by atoms with Gasteiger partial charge in [0.15, 0.2) is 11.5 Å². The molecule has 1 heterocycles. The van der Waals surface area contributed by atoms with Crippen molar-refractivity contribution in [3.05, 3.63) is 96.1 Å². The second-order valence-corrected chi connectivity index (χ2v) is 10.7. The van der Waals surface area contributed by atoms with Crippen LogP contribution in [0, 0.1) is 0 Å². The molecule has 3 aromatic rings. The van der Waals surface area contributed by atoms with Crippen molar-refractivity contribution < 1.29 is 18.9 Å². The minimum Gasteiger partial charge on any atom is -0.487 e. The Bertz CT molecular complexity index is 1020. The van der Waals surface area contributed by atoms with Crippen LogP contribution in [-0.4, -0.2) is 74.6 Å². The van der Waals surface area contributed by atoms with E-state index in [4.69, 9.17) is 18.9 Å². The van der Waals surface area contributed by atoms with E-state index in [1.807, 2.05) is 24.3 Å². The average molecular weight is 547 g/mol. The summed E-state index contributed by atoms with van der Waals surface area (Å²) in [6.07, 6.45) is 0.116. The highest BCUT2D eigenvalue weighted by Crippen LogP contribution is 2.27. The molecule has 3 aromatic carbocycles. The fraction of sp³-hybridized carbons (Fsp3) is 0.471. The lowest BCUT2D eigenvalue weighted by Crippen LogP contribution is -2.43. The molecule has 2 unspecified atom stereocenters. The first kappa shape index (κ1) is 30.1. The molecule has 0 aliphatic carbocycles. The van der Waals surface area contributed by atoms with Gasteiger partial charge in [-0.1, -0.05) is 72.8 Å². The molecule has 0 radical (unpaired) electrons. The second kappa shape index (κ2) is 15.8. The molecule has 6 heteroatoms. The zero-order valence-electron chi connectivity index (χ0n) is 24.6. The summed E-state index contributed by atoms with van der Waals surface area (Å²) >= 11 is 0. The summed E-state index contributed by atoms with van der Waals surface area (Å²) in [6.45, 7) is 14.4. The van der Waals surface area contributed by atoms with E-state index >= 15 is 0 Å². The van der Waals surface area contributed by atoms with Crippen LogP contribution in [0.1, 0.15) is 50.9 Å². The van der Waals surface area contributed by atoms with Crippen molar-refractivity contribution in [2.45, 2.75) is 52.0 Å². The third-order valence-corrected chi connectivity index (χ3v) is 7.65.